The van der Waals surface area contributed by atoms with Gasteiger partial charge in [0.1, 0.15) is 24.1 Å². The number of halogens is 1. The van der Waals surface area contributed by atoms with Gasteiger partial charge in [0.15, 0.2) is 5.11 Å². The van der Waals surface area contributed by atoms with Crippen LogP contribution in [0.2, 0.25) is 0 Å². The number of aliphatic hydroxyl groups excluding tert-OH is 3. The molecule has 0 bridgehead atoms. The summed E-state index contributed by atoms with van der Waals surface area (Å²) < 4.78 is 18.2. The second-order valence-corrected chi connectivity index (χ2v) is 6.28. The van der Waals surface area contributed by atoms with Crippen LogP contribution in [0.5, 0.6) is 0 Å². The molecule has 0 fully saturated rings. The first-order valence-electron chi connectivity index (χ1n) is 7.90. The first kappa shape index (κ1) is 21.0. The highest BCUT2D eigenvalue weighted by Crippen LogP contribution is 2.22. The average Bonchev–Trinajstić information content (AvgIpc) is 2.63. The number of anilines is 1. The highest BCUT2D eigenvalue weighted by atomic mass is 32.1. The zero-order valence-electron chi connectivity index (χ0n) is 13.9. The van der Waals surface area contributed by atoms with Crippen LogP contribution >= 0.6 is 12.2 Å². The summed E-state index contributed by atoms with van der Waals surface area (Å²) in [5, 5.41) is 43.7. The summed E-state index contributed by atoms with van der Waals surface area (Å²) >= 11 is 5.16. The molecule has 1 aromatic carbocycles. The number of hydrogen-bond donors (Lipinski definition) is 7. The van der Waals surface area contributed by atoms with Crippen LogP contribution in [0.4, 0.5) is 10.1 Å². The normalized spacial score (nSPS) is 24.2. The standard InChI is InChI=1S/C16H20FN3O6S/c17-7-1-3-8(4-2-7)19-16(27)20-12-9(18)5-11(15(24)25)26-14(12)13(23)10(22)6-21/h1-5,9-10,12-14,21-23H,6,18H2,(H,24,25)(H2,19,20,27)/t9-,10+,12+,13+,14+/m0/s1. The zero-order valence-corrected chi connectivity index (χ0v) is 14.8. The van der Waals surface area contributed by atoms with E-state index < -0.39 is 54.5 Å². The summed E-state index contributed by atoms with van der Waals surface area (Å²) in [5.74, 6) is -2.31. The Balaban J connectivity index is 2.17. The molecule has 0 unspecified atom stereocenters. The molecule has 148 valence electrons. The summed E-state index contributed by atoms with van der Waals surface area (Å²) in [4.78, 5) is 11.2. The van der Waals surface area contributed by atoms with Gasteiger partial charge in [0.25, 0.3) is 0 Å². The lowest BCUT2D eigenvalue weighted by molar-refractivity contribution is -0.144. The van der Waals surface area contributed by atoms with Crippen LogP contribution in [0.3, 0.4) is 0 Å². The monoisotopic (exact) mass is 401 g/mol. The minimum Gasteiger partial charge on any atom is -0.478 e. The molecular weight excluding hydrogens is 381 g/mol. The predicted octanol–water partition coefficient (Wildman–Crippen LogP) is -1.11. The molecule has 8 N–H and O–H groups in total. The average molecular weight is 401 g/mol. The maximum Gasteiger partial charge on any atom is 0.370 e. The maximum absolute atomic E-state index is 13.0. The molecule has 0 saturated heterocycles. The van der Waals surface area contributed by atoms with E-state index in [2.05, 4.69) is 10.6 Å². The van der Waals surface area contributed by atoms with Crippen molar-refractivity contribution in [2.24, 2.45) is 5.73 Å². The predicted molar refractivity (Wildman–Crippen MR) is 97.2 cm³/mol. The number of hydrogen-bond acceptors (Lipinski definition) is 7. The van der Waals surface area contributed by atoms with Crippen LogP contribution < -0.4 is 16.4 Å². The van der Waals surface area contributed by atoms with Gasteiger partial charge in [-0.15, -0.1) is 0 Å². The van der Waals surface area contributed by atoms with Crippen molar-refractivity contribution < 1.29 is 34.3 Å². The van der Waals surface area contributed by atoms with Gasteiger partial charge >= 0.3 is 5.97 Å². The molecule has 0 aliphatic carbocycles. The van der Waals surface area contributed by atoms with E-state index in [1.165, 1.54) is 24.3 Å². The molecular formula is C16H20FN3O6S. The summed E-state index contributed by atoms with van der Waals surface area (Å²) in [6.07, 6.45) is -3.41. The minimum absolute atomic E-state index is 0.0496. The number of carboxylic acids is 1. The van der Waals surface area contributed by atoms with E-state index in [0.29, 0.717) is 5.69 Å². The highest BCUT2D eigenvalue weighted by molar-refractivity contribution is 7.80. The van der Waals surface area contributed by atoms with Gasteiger partial charge in [-0.2, -0.15) is 0 Å². The maximum atomic E-state index is 13.0. The Morgan fingerprint density at radius 1 is 1.33 bits per heavy atom. The fourth-order valence-electron chi connectivity index (χ4n) is 2.52. The number of benzene rings is 1. The lowest BCUT2D eigenvalue weighted by Crippen LogP contribution is -2.62. The molecule has 1 aliphatic rings. The minimum atomic E-state index is -1.64. The van der Waals surface area contributed by atoms with Crippen LogP contribution in [-0.2, 0) is 9.53 Å². The van der Waals surface area contributed by atoms with Gasteiger partial charge in [-0.1, -0.05) is 0 Å². The van der Waals surface area contributed by atoms with Crippen molar-refractivity contribution >= 4 is 29.0 Å². The van der Waals surface area contributed by atoms with Gasteiger partial charge in [0.2, 0.25) is 5.76 Å². The Hall–Kier alpha value is -2.31. The molecule has 0 amide bonds. The van der Waals surface area contributed by atoms with Crippen molar-refractivity contribution in [1.82, 2.24) is 5.32 Å². The molecule has 5 atom stereocenters. The zero-order chi connectivity index (χ0) is 20.1. The van der Waals surface area contributed by atoms with Gasteiger partial charge in [-0.25, -0.2) is 9.18 Å². The first-order valence-corrected chi connectivity index (χ1v) is 8.31. The molecule has 27 heavy (non-hydrogen) atoms. The van der Waals surface area contributed by atoms with Gasteiger partial charge < -0.3 is 41.5 Å². The number of carboxylic acid groups (broad SMARTS) is 1. The van der Waals surface area contributed by atoms with Crippen molar-refractivity contribution in [3.8, 4) is 0 Å². The third kappa shape index (κ3) is 5.34. The number of carbonyl (C=O) groups is 1. The molecule has 11 heteroatoms. The highest BCUT2D eigenvalue weighted by Gasteiger charge is 2.42. The molecule has 1 heterocycles. The number of aliphatic hydroxyl groups is 3. The fourth-order valence-corrected chi connectivity index (χ4v) is 2.77. The quantitative estimate of drug-likeness (QED) is 0.292. The van der Waals surface area contributed by atoms with Crippen molar-refractivity contribution in [3.63, 3.8) is 0 Å². The summed E-state index contributed by atoms with van der Waals surface area (Å²) in [7, 11) is 0. The number of nitrogens with two attached hydrogens (primary N) is 1. The van der Waals surface area contributed by atoms with Crippen LogP contribution in [0.25, 0.3) is 0 Å². The summed E-state index contributed by atoms with van der Waals surface area (Å²) in [6.45, 7) is -0.770. The van der Waals surface area contributed by atoms with E-state index in [1.54, 1.807) is 0 Å². The van der Waals surface area contributed by atoms with E-state index in [1.807, 2.05) is 0 Å². The third-order valence-corrected chi connectivity index (χ3v) is 4.12. The molecule has 1 aromatic rings. The summed E-state index contributed by atoms with van der Waals surface area (Å²) in [6, 6.07) is 3.49. The van der Waals surface area contributed by atoms with Crippen LogP contribution in [0.1, 0.15) is 0 Å². The second-order valence-electron chi connectivity index (χ2n) is 5.87. The van der Waals surface area contributed by atoms with Crippen LogP contribution in [-0.4, -0.2) is 68.5 Å². The number of rotatable bonds is 6. The number of aliphatic carboxylic acids is 1. The molecule has 0 aromatic heterocycles. The molecule has 0 saturated carbocycles. The van der Waals surface area contributed by atoms with E-state index >= 15 is 0 Å². The first-order chi connectivity index (χ1) is 12.7. The molecule has 0 radical (unpaired) electrons. The second kappa shape index (κ2) is 9.06. The van der Waals surface area contributed by atoms with Crippen LogP contribution in [0, 0.1) is 5.82 Å². The fraction of sp³-hybridized carbons (Fsp3) is 0.375. The van der Waals surface area contributed by atoms with E-state index in [-0.39, 0.29) is 5.11 Å². The van der Waals surface area contributed by atoms with Crippen molar-refractivity contribution in [2.75, 3.05) is 11.9 Å². The number of nitrogens with one attached hydrogen (secondary N) is 2. The largest absolute Gasteiger partial charge is 0.478 e. The van der Waals surface area contributed by atoms with Crippen molar-refractivity contribution in [3.05, 3.63) is 41.9 Å². The molecule has 0 spiro atoms. The lowest BCUT2D eigenvalue weighted by Gasteiger charge is -2.39. The van der Waals surface area contributed by atoms with Crippen molar-refractivity contribution in [2.45, 2.75) is 30.4 Å². The van der Waals surface area contributed by atoms with Gasteiger partial charge in [-0.05, 0) is 42.6 Å². The Morgan fingerprint density at radius 2 is 1.96 bits per heavy atom. The lowest BCUT2D eigenvalue weighted by atomic mass is 9.93. The topological polar surface area (TPSA) is 157 Å². The van der Waals surface area contributed by atoms with Gasteiger partial charge in [0, 0.05) is 5.69 Å². The van der Waals surface area contributed by atoms with E-state index in [4.69, 9.17) is 32.9 Å². The van der Waals surface area contributed by atoms with Crippen molar-refractivity contribution in [1.29, 1.82) is 0 Å². The van der Waals surface area contributed by atoms with E-state index in [9.17, 15) is 19.4 Å². The third-order valence-electron chi connectivity index (χ3n) is 3.90. The molecule has 9 nitrogen and oxygen atoms in total. The van der Waals surface area contributed by atoms with Gasteiger partial charge in [-0.3, -0.25) is 0 Å². The Morgan fingerprint density at radius 3 is 2.52 bits per heavy atom. The molecule has 2 rings (SSSR count). The number of ether oxygens (including phenoxy) is 1. The van der Waals surface area contributed by atoms with Gasteiger partial charge in [0.05, 0.1) is 18.7 Å². The Labute approximate surface area is 159 Å². The molecule has 1 aliphatic heterocycles. The van der Waals surface area contributed by atoms with Crippen LogP contribution in [0.15, 0.2) is 36.1 Å². The summed E-state index contributed by atoms with van der Waals surface area (Å²) in [5.41, 5.74) is 6.44. The Bertz CT molecular complexity index is 717. The smallest absolute Gasteiger partial charge is 0.370 e. The van der Waals surface area contributed by atoms with E-state index in [0.717, 1.165) is 6.08 Å². The Kier molecular flexibility index (Phi) is 7.05. The SMILES string of the molecule is N[C@H]1C=C(C(=O)O)O[C@@H]([C@H](O)[C@H](O)CO)[C@@H]1NC(=S)Nc1ccc(F)cc1. The number of thiocarbonyl (C=S) groups is 1.